The van der Waals surface area contributed by atoms with Crippen LogP contribution in [-0.4, -0.2) is 13.6 Å². The Bertz CT molecular complexity index is 378. The Morgan fingerprint density at radius 1 is 1.00 bits per heavy atom. The first-order valence-corrected chi connectivity index (χ1v) is 6.29. The van der Waals surface area contributed by atoms with Gasteiger partial charge in [0.2, 0.25) is 0 Å². The van der Waals surface area contributed by atoms with Crippen LogP contribution in [0.4, 0.5) is 11.4 Å². The molecule has 0 spiro atoms. The Labute approximate surface area is 102 Å². The van der Waals surface area contributed by atoms with Crippen LogP contribution in [0, 0.1) is 9.02 Å². The van der Waals surface area contributed by atoms with Crippen molar-refractivity contribution in [3.05, 3.63) is 9.02 Å². The second-order valence-corrected chi connectivity index (χ2v) is 4.46. The lowest BCUT2D eigenvalue weighted by Gasteiger charge is -2.15. The van der Waals surface area contributed by atoms with E-state index in [-0.39, 0.29) is 0 Å². The topological polar surface area (TPSA) is 24.1 Å². The second-order valence-electron chi connectivity index (χ2n) is 3.65. The third-order valence-corrected chi connectivity index (χ3v) is 3.44. The Balaban J connectivity index is 2.35. The Hall–Kier alpha value is -0.480. The van der Waals surface area contributed by atoms with Gasteiger partial charge in [0.15, 0.2) is 0 Å². The molecule has 0 saturated heterocycles. The predicted octanol–water partition coefficient (Wildman–Crippen LogP) is 4.06. The van der Waals surface area contributed by atoms with E-state index >= 15 is 0 Å². The number of hydrogen-bond donors (Lipinski definition) is 2. The summed E-state index contributed by atoms with van der Waals surface area (Å²) < 4.78 is 1.60. The van der Waals surface area contributed by atoms with Gasteiger partial charge in [-0.25, -0.2) is 0 Å². The molecule has 0 unspecified atom stereocenters. The van der Waals surface area contributed by atoms with E-state index in [1.54, 1.807) is 0 Å². The van der Waals surface area contributed by atoms with Gasteiger partial charge < -0.3 is 10.6 Å². The van der Waals surface area contributed by atoms with Crippen LogP contribution in [0.2, 0.25) is 0 Å². The Morgan fingerprint density at radius 2 is 1.67 bits per heavy atom. The standard InChI is InChI=1S/C11H18N2S2/c1-3-4-5-6-7-13-9-8(12-2)10(14)11(9)15/h12-13H,3-7H2,1-2H3. The zero-order chi connectivity index (χ0) is 11.3. The lowest BCUT2D eigenvalue weighted by Crippen LogP contribution is -2.08. The van der Waals surface area contributed by atoms with Crippen LogP contribution in [-0.2, 0) is 0 Å². The molecule has 0 heterocycles. The van der Waals surface area contributed by atoms with E-state index in [2.05, 4.69) is 17.6 Å². The van der Waals surface area contributed by atoms with Crippen molar-refractivity contribution in [3.8, 4) is 0 Å². The van der Waals surface area contributed by atoms with Gasteiger partial charge in [-0.1, -0.05) is 50.6 Å². The van der Waals surface area contributed by atoms with Crippen LogP contribution >= 0.6 is 24.4 Å². The molecule has 0 aliphatic heterocycles. The Kier molecular flexibility index (Phi) is 5.19. The SMILES string of the molecule is CCCCCCNc1c(NC)c(=S)c1=S. The molecule has 84 valence electrons. The van der Waals surface area contributed by atoms with Gasteiger partial charge in [-0.15, -0.1) is 0 Å². The summed E-state index contributed by atoms with van der Waals surface area (Å²) >= 11 is 10.3. The minimum absolute atomic E-state index is 0.795. The van der Waals surface area contributed by atoms with E-state index in [1.165, 1.54) is 25.7 Å². The quantitative estimate of drug-likeness (QED) is 0.556. The number of rotatable bonds is 7. The molecule has 0 aliphatic rings. The average molecular weight is 242 g/mol. The molecule has 1 rings (SSSR count). The van der Waals surface area contributed by atoms with Crippen molar-refractivity contribution in [2.75, 3.05) is 24.2 Å². The molecule has 0 atom stereocenters. The summed E-state index contributed by atoms with van der Waals surface area (Å²) in [6.45, 7) is 3.21. The molecule has 0 radical (unpaired) electrons. The summed E-state index contributed by atoms with van der Waals surface area (Å²) in [7, 11) is 1.88. The highest BCUT2D eigenvalue weighted by molar-refractivity contribution is 7.74. The van der Waals surface area contributed by atoms with Crippen LogP contribution in [0.5, 0.6) is 0 Å². The fourth-order valence-electron chi connectivity index (χ4n) is 1.56. The minimum Gasteiger partial charge on any atom is -0.385 e. The number of nitrogens with one attached hydrogen (secondary N) is 2. The largest absolute Gasteiger partial charge is 0.385 e. The molecular formula is C11H18N2S2. The molecular weight excluding hydrogens is 224 g/mol. The van der Waals surface area contributed by atoms with E-state index in [9.17, 15) is 0 Å². The maximum Gasteiger partial charge on any atom is 0.0832 e. The predicted molar refractivity (Wildman–Crippen MR) is 72.7 cm³/mol. The van der Waals surface area contributed by atoms with Gasteiger partial charge in [-0.3, -0.25) is 0 Å². The van der Waals surface area contributed by atoms with Gasteiger partial charge in [0.05, 0.1) is 20.4 Å². The summed E-state index contributed by atoms with van der Waals surface area (Å²) in [5.41, 5.74) is 2.04. The van der Waals surface area contributed by atoms with Crippen LogP contribution in [0.15, 0.2) is 0 Å². The number of hydrogen-bond acceptors (Lipinski definition) is 4. The van der Waals surface area contributed by atoms with Gasteiger partial charge >= 0.3 is 0 Å². The van der Waals surface area contributed by atoms with Gasteiger partial charge in [-0.2, -0.15) is 0 Å². The highest BCUT2D eigenvalue weighted by Crippen LogP contribution is 2.31. The molecule has 2 N–H and O–H groups in total. The normalized spacial score (nSPS) is 10.5. The summed E-state index contributed by atoms with van der Waals surface area (Å²) in [5.74, 6) is 0. The molecule has 0 aliphatic carbocycles. The minimum atomic E-state index is 0.795. The maximum absolute atomic E-state index is 5.17. The van der Waals surface area contributed by atoms with Crippen molar-refractivity contribution in [3.63, 3.8) is 0 Å². The van der Waals surface area contributed by atoms with Crippen molar-refractivity contribution in [2.24, 2.45) is 0 Å². The Morgan fingerprint density at radius 3 is 2.27 bits per heavy atom. The summed E-state index contributed by atoms with van der Waals surface area (Å²) in [4.78, 5) is 0. The molecule has 15 heavy (non-hydrogen) atoms. The molecule has 0 fully saturated rings. The number of anilines is 2. The first-order valence-electron chi connectivity index (χ1n) is 5.47. The van der Waals surface area contributed by atoms with Gasteiger partial charge in [-0.05, 0) is 6.42 Å². The molecule has 0 bridgehead atoms. The first kappa shape index (κ1) is 12.6. The fraction of sp³-hybridized carbons (Fsp3) is 0.636. The molecule has 0 saturated carbocycles. The highest BCUT2D eigenvalue weighted by atomic mass is 32.1. The van der Waals surface area contributed by atoms with Crippen molar-refractivity contribution >= 4 is 35.8 Å². The molecule has 4 heteroatoms. The summed E-state index contributed by atoms with van der Waals surface area (Å²) in [6, 6.07) is 0. The zero-order valence-electron chi connectivity index (χ0n) is 9.35. The summed E-state index contributed by atoms with van der Waals surface area (Å²) in [5, 5.41) is 6.42. The van der Waals surface area contributed by atoms with Crippen LogP contribution in [0.1, 0.15) is 32.6 Å². The lowest BCUT2D eigenvalue weighted by molar-refractivity contribution is 0.685. The third kappa shape index (κ3) is 2.98. The van der Waals surface area contributed by atoms with E-state index in [0.717, 1.165) is 26.9 Å². The third-order valence-electron chi connectivity index (χ3n) is 2.49. The molecule has 1 aromatic carbocycles. The zero-order valence-corrected chi connectivity index (χ0v) is 11.0. The van der Waals surface area contributed by atoms with E-state index < -0.39 is 0 Å². The molecule has 0 amide bonds. The van der Waals surface area contributed by atoms with Gasteiger partial charge in [0, 0.05) is 13.6 Å². The first-order chi connectivity index (χ1) is 7.22. The van der Waals surface area contributed by atoms with E-state index in [4.69, 9.17) is 24.4 Å². The van der Waals surface area contributed by atoms with Crippen molar-refractivity contribution in [1.82, 2.24) is 0 Å². The lowest BCUT2D eigenvalue weighted by atomic mass is 10.2. The fourth-order valence-corrected chi connectivity index (χ4v) is 2.15. The average Bonchev–Trinajstić information content (AvgIpc) is 2.26. The number of unbranched alkanes of at least 4 members (excludes halogenated alkanes) is 3. The van der Waals surface area contributed by atoms with Gasteiger partial charge in [0.25, 0.3) is 0 Å². The van der Waals surface area contributed by atoms with Crippen molar-refractivity contribution in [2.45, 2.75) is 32.6 Å². The monoisotopic (exact) mass is 242 g/mol. The molecule has 2 nitrogen and oxygen atoms in total. The molecule has 0 aromatic heterocycles. The summed E-state index contributed by atoms with van der Waals surface area (Å²) in [6.07, 6.45) is 5.06. The van der Waals surface area contributed by atoms with Crippen LogP contribution in [0.3, 0.4) is 0 Å². The van der Waals surface area contributed by atoms with E-state index in [0.29, 0.717) is 0 Å². The van der Waals surface area contributed by atoms with Crippen LogP contribution < -0.4 is 10.6 Å². The van der Waals surface area contributed by atoms with Crippen molar-refractivity contribution < 1.29 is 0 Å². The smallest absolute Gasteiger partial charge is 0.0832 e. The molecule has 1 aromatic rings. The van der Waals surface area contributed by atoms with Crippen LogP contribution in [0.25, 0.3) is 0 Å². The van der Waals surface area contributed by atoms with Crippen molar-refractivity contribution in [1.29, 1.82) is 0 Å². The maximum atomic E-state index is 5.17. The van der Waals surface area contributed by atoms with Gasteiger partial charge in [0.1, 0.15) is 0 Å². The highest BCUT2D eigenvalue weighted by Gasteiger charge is 2.11. The second kappa shape index (κ2) is 6.18. The van der Waals surface area contributed by atoms with E-state index in [1.807, 2.05) is 7.05 Å².